The fourth-order valence-electron chi connectivity index (χ4n) is 3.09. The van der Waals surface area contributed by atoms with Gasteiger partial charge in [0.25, 0.3) is 0 Å². The number of nitrogens with one attached hydrogen (secondary N) is 1. The van der Waals surface area contributed by atoms with Crippen molar-refractivity contribution in [1.82, 2.24) is 10.2 Å². The highest BCUT2D eigenvalue weighted by atomic mass is 127. The molecule has 1 atom stereocenters. The number of nitrogens with zero attached hydrogens (tertiary/aromatic N) is 2. The first-order valence-corrected chi connectivity index (χ1v) is 7.89. The van der Waals surface area contributed by atoms with Crippen LogP contribution in [0.15, 0.2) is 4.99 Å². The van der Waals surface area contributed by atoms with Crippen LogP contribution in [0.3, 0.4) is 0 Å². The maximum absolute atomic E-state index is 6.04. The van der Waals surface area contributed by atoms with E-state index in [0.717, 1.165) is 12.5 Å². The molecule has 0 spiro atoms. The molecular formula is C15H31IN4. The van der Waals surface area contributed by atoms with Crippen LogP contribution in [0.5, 0.6) is 0 Å². The normalized spacial score (nSPS) is 23.1. The minimum Gasteiger partial charge on any atom is -0.370 e. The molecule has 0 heterocycles. The Morgan fingerprint density at radius 3 is 2.25 bits per heavy atom. The molecule has 0 aliphatic heterocycles. The van der Waals surface area contributed by atoms with E-state index in [1.165, 1.54) is 51.4 Å². The fraction of sp³-hybridized carbons (Fsp3) is 0.933. The molecular weight excluding hydrogens is 363 g/mol. The van der Waals surface area contributed by atoms with Crippen LogP contribution >= 0.6 is 24.0 Å². The summed E-state index contributed by atoms with van der Waals surface area (Å²) in [5, 5.41) is 3.42. The van der Waals surface area contributed by atoms with Crippen LogP contribution in [-0.4, -0.2) is 43.6 Å². The predicted molar refractivity (Wildman–Crippen MR) is 96.7 cm³/mol. The van der Waals surface area contributed by atoms with Crippen LogP contribution in [0.25, 0.3) is 0 Å². The van der Waals surface area contributed by atoms with Crippen molar-refractivity contribution in [2.24, 2.45) is 16.6 Å². The molecule has 4 nitrogen and oxygen atoms in total. The molecule has 2 aliphatic rings. The number of halogens is 1. The van der Waals surface area contributed by atoms with Gasteiger partial charge in [-0.3, -0.25) is 4.99 Å². The molecule has 5 heteroatoms. The molecule has 2 saturated carbocycles. The average molecular weight is 394 g/mol. The molecule has 118 valence electrons. The Kier molecular flexibility index (Phi) is 8.17. The summed E-state index contributed by atoms with van der Waals surface area (Å²) in [4.78, 5) is 6.87. The van der Waals surface area contributed by atoms with E-state index in [9.17, 15) is 0 Å². The van der Waals surface area contributed by atoms with E-state index < -0.39 is 0 Å². The van der Waals surface area contributed by atoms with Gasteiger partial charge in [-0.05, 0) is 45.7 Å². The van der Waals surface area contributed by atoms with E-state index in [0.29, 0.717) is 18.0 Å². The van der Waals surface area contributed by atoms with Crippen LogP contribution in [-0.2, 0) is 0 Å². The van der Waals surface area contributed by atoms with E-state index in [-0.39, 0.29) is 24.0 Å². The lowest BCUT2D eigenvalue weighted by atomic mass is 10.1. The number of aliphatic imine (C=N–C) groups is 1. The van der Waals surface area contributed by atoms with Crippen LogP contribution in [0.2, 0.25) is 0 Å². The highest BCUT2D eigenvalue weighted by Crippen LogP contribution is 2.34. The first kappa shape index (κ1) is 18.0. The van der Waals surface area contributed by atoms with Gasteiger partial charge in [0.05, 0.1) is 6.54 Å². The summed E-state index contributed by atoms with van der Waals surface area (Å²) in [6, 6.07) is 1.11. The van der Waals surface area contributed by atoms with Gasteiger partial charge >= 0.3 is 0 Å². The van der Waals surface area contributed by atoms with E-state index in [4.69, 9.17) is 5.73 Å². The number of guanidine groups is 1. The zero-order chi connectivity index (χ0) is 13.7. The van der Waals surface area contributed by atoms with Crippen molar-refractivity contribution < 1.29 is 0 Å². The second-order valence-corrected chi connectivity index (χ2v) is 6.43. The molecule has 1 unspecified atom stereocenters. The highest BCUT2D eigenvalue weighted by molar-refractivity contribution is 14.0. The third-order valence-corrected chi connectivity index (χ3v) is 4.49. The summed E-state index contributed by atoms with van der Waals surface area (Å²) < 4.78 is 0. The number of hydrogen-bond acceptors (Lipinski definition) is 2. The first-order chi connectivity index (χ1) is 9.16. The smallest absolute Gasteiger partial charge is 0.188 e. The van der Waals surface area contributed by atoms with Gasteiger partial charge < -0.3 is 16.0 Å². The molecule has 0 radical (unpaired) electrons. The largest absolute Gasteiger partial charge is 0.370 e. The van der Waals surface area contributed by atoms with Gasteiger partial charge in [-0.25, -0.2) is 0 Å². The van der Waals surface area contributed by atoms with E-state index >= 15 is 0 Å². The van der Waals surface area contributed by atoms with Gasteiger partial charge in [0, 0.05) is 12.1 Å². The molecule has 0 aromatic heterocycles. The van der Waals surface area contributed by atoms with Crippen molar-refractivity contribution in [2.75, 3.05) is 20.6 Å². The second-order valence-electron chi connectivity index (χ2n) is 6.43. The maximum Gasteiger partial charge on any atom is 0.188 e. The molecule has 3 N–H and O–H groups in total. The summed E-state index contributed by atoms with van der Waals surface area (Å²) in [5.74, 6) is 1.49. The monoisotopic (exact) mass is 394 g/mol. The lowest BCUT2D eigenvalue weighted by molar-refractivity contribution is 0.271. The number of nitrogens with two attached hydrogens (primary N) is 1. The van der Waals surface area contributed by atoms with Gasteiger partial charge in [-0.1, -0.05) is 25.7 Å². The molecule has 2 fully saturated rings. The summed E-state index contributed by atoms with van der Waals surface area (Å²) >= 11 is 0. The molecule has 0 aromatic rings. The fourth-order valence-corrected chi connectivity index (χ4v) is 3.09. The molecule has 20 heavy (non-hydrogen) atoms. The third-order valence-electron chi connectivity index (χ3n) is 4.49. The summed E-state index contributed by atoms with van der Waals surface area (Å²) in [7, 11) is 4.29. The van der Waals surface area contributed by atoms with Crippen LogP contribution in [0, 0.1) is 5.92 Å². The summed E-state index contributed by atoms with van der Waals surface area (Å²) in [6.07, 6.45) is 10.6. The Balaban J connectivity index is 0.00000200. The lowest BCUT2D eigenvalue weighted by Gasteiger charge is -2.23. The van der Waals surface area contributed by atoms with Gasteiger partial charge in [-0.15, -0.1) is 24.0 Å². The highest BCUT2D eigenvalue weighted by Gasteiger charge is 2.32. The van der Waals surface area contributed by atoms with Gasteiger partial charge in [0.2, 0.25) is 0 Å². The van der Waals surface area contributed by atoms with Crippen molar-refractivity contribution in [3.8, 4) is 0 Å². The zero-order valence-electron chi connectivity index (χ0n) is 13.0. The SMILES string of the molecule is CN(C)C(CN=C(N)NC1CCCCCC1)C1CC1.I. The Bertz CT molecular complexity index is 292. The maximum atomic E-state index is 6.04. The standard InChI is InChI=1S/C15H30N4.HI/c1-19(2)14(12-9-10-12)11-17-15(16)18-13-7-5-3-4-6-8-13;/h12-14H,3-11H2,1-2H3,(H3,16,17,18);1H. The van der Waals surface area contributed by atoms with Crippen LogP contribution in [0.1, 0.15) is 51.4 Å². The molecule has 0 aromatic carbocycles. The van der Waals surface area contributed by atoms with Gasteiger partial charge in [0.15, 0.2) is 5.96 Å². The van der Waals surface area contributed by atoms with Gasteiger partial charge in [0.1, 0.15) is 0 Å². The molecule has 0 bridgehead atoms. The van der Waals surface area contributed by atoms with Crippen molar-refractivity contribution in [2.45, 2.75) is 63.5 Å². The van der Waals surface area contributed by atoms with Crippen molar-refractivity contribution in [3.05, 3.63) is 0 Å². The van der Waals surface area contributed by atoms with E-state index in [2.05, 4.69) is 29.3 Å². The minimum absolute atomic E-state index is 0. The van der Waals surface area contributed by atoms with Crippen molar-refractivity contribution >= 4 is 29.9 Å². The van der Waals surface area contributed by atoms with Crippen molar-refractivity contribution in [3.63, 3.8) is 0 Å². The summed E-state index contributed by atoms with van der Waals surface area (Å²) in [5.41, 5.74) is 6.04. The van der Waals surface area contributed by atoms with E-state index in [1.807, 2.05) is 0 Å². The molecule has 2 aliphatic carbocycles. The third kappa shape index (κ3) is 6.16. The molecule has 2 rings (SSSR count). The second kappa shape index (κ2) is 9.07. The quantitative estimate of drug-likeness (QED) is 0.326. The van der Waals surface area contributed by atoms with Crippen LogP contribution < -0.4 is 11.1 Å². The molecule has 0 amide bonds. The number of likely N-dealkylation sites (N-methyl/N-ethyl adjacent to an activating group) is 1. The predicted octanol–water partition coefficient (Wildman–Crippen LogP) is 2.57. The Labute approximate surface area is 141 Å². The van der Waals surface area contributed by atoms with Crippen LogP contribution in [0.4, 0.5) is 0 Å². The Hall–Kier alpha value is -0.0400. The Morgan fingerprint density at radius 1 is 1.15 bits per heavy atom. The van der Waals surface area contributed by atoms with Crippen molar-refractivity contribution in [1.29, 1.82) is 0 Å². The number of hydrogen-bond donors (Lipinski definition) is 2. The average Bonchev–Trinajstić information content (AvgIpc) is 3.16. The van der Waals surface area contributed by atoms with E-state index in [1.54, 1.807) is 0 Å². The minimum atomic E-state index is 0. The first-order valence-electron chi connectivity index (χ1n) is 7.89. The van der Waals surface area contributed by atoms with Gasteiger partial charge in [-0.2, -0.15) is 0 Å². The topological polar surface area (TPSA) is 53.6 Å². The Morgan fingerprint density at radius 2 is 1.75 bits per heavy atom. The zero-order valence-corrected chi connectivity index (χ0v) is 15.3. The number of rotatable bonds is 5. The summed E-state index contributed by atoms with van der Waals surface area (Å²) in [6.45, 7) is 0.837. The molecule has 0 saturated heterocycles. The lowest BCUT2D eigenvalue weighted by Crippen LogP contribution is -2.41.